The normalized spacial score (nSPS) is 42.2. The molecule has 1 heteroatoms. The summed E-state index contributed by atoms with van der Waals surface area (Å²) in [5.74, 6) is 2.87. The summed E-state index contributed by atoms with van der Waals surface area (Å²) < 4.78 is 0. The fourth-order valence-corrected chi connectivity index (χ4v) is 3.02. The van der Waals surface area contributed by atoms with Crippen molar-refractivity contribution in [2.24, 2.45) is 23.7 Å². The van der Waals surface area contributed by atoms with Crippen LogP contribution in [0.2, 0.25) is 0 Å². The molecule has 1 N–H and O–H groups in total. The molecule has 0 unspecified atom stereocenters. The first-order chi connectivity index (χ1) is 6.36. The van der Waals surface area contributed by atoms with Gasteiger partial charge in [-0.05, 0) is 42.9 Å². The maximum Gasteiger partial charge on any atom is 0.0436 e. The molecular formula is C12H18O. The van der Waals surface area contributed by atoms with Gasteiger partial charge in [-0.25, -0.2) is 0 Å². The molecule has 4 atom stereocenters. The molecule has 1 fully saturated rings. The minimum atomic E-state index is 0.330. The SMILES string of the molecule is C=C[C@H]1CC[C@@H]2[C@H]1C=C[C@H]2CCO. The maximum absolute atomic E-state index is 8.92. The zero-order valence-electron chi connectivity index (χ0n) is 8.02. The third kappa shape index (κ3) is 1.46. The van der Waals surface area contributed by atoms with E-state index in [1.807, 2.05) is 0 Å². The predicted octanol–water partition coefficient (Wildman–Crippen LogP) is 2.38. The fourth-order valence-electron chi connectivity index (χ4n) is 3.02. The first-order valence-corrected chi connectivity index (χ1v) is 5.28. The Morgan fingerprint density at radius 3 is 2.92 bits per heavy atom. The van der Waals surface area contributed by atoms with Crippen LogP contribution in [0, 0.1) is 23.7 Å². The Hall–Kier alpha value is -0.560. The third-order valence-corrected chi connectivity index (χ3v) is 3.72. The lowest BCUT2D eigenvalue weighted by Crippen LogP contribution is -2.14. The van der Waals surface area contributed by atoms with Crippen molar-refractivity contribution in [2.45, 2.75) is 19.3 Å². The summed E-state index contributed by atoms with van der Waals surface area (Å²) in [5, 5.41) is 8.92. The van der Waals surface area contributed by atoms with Gasteiger partial charge in [-0.2, -0.15) is 0 Å². The van der Waals surface area contributed by atoms with Crippen LogP contribution in [-0.2, 0) is 0 Å². The molecule has 0 aromatic carbocycles. The highest BCUT2D eigenvalue weighted by Crippen LogP contribution is 2.47. The predicted molar refractivity (Wildman–Crippen MR) is 54.2 cm³/mol. The van der Waals surface area contributed by atoms with E-state index in [1.165, 1.54) is 12.8 Å². The highest BCUT2D eigenvalue weighted by molar-refractivity contribution is 5.13. The molecule has 0 aromatic heterocycles. The van der Waals surface area contributed by atoms with E-state index < -0.39 is 0 Å². The minimum Gasteiger partial charge on any atom is -0.396 e. The van der Waals surface area contributed by atoms with E-state index in [4.69, 9.17) is 5.11 Å². The number of fused-ring (bicyclic) bond motifs is 1. The van der Waals surface area contributed by atoms with Crippen LogP contribution in [0.5, 0.6) is 0 Å². The topological polar surface area (TPSA) is 20.2 Å². The Labute approximate surface area is 80.2 Å². The molecule has 2 aliphatic carbocycles. The van der Waals surface area contributed by atoms with Gasteiger partial charge in [-0.1, -0.05) is 18.2 Å². The lowest BCUT2D eigenvalue weighted by molar-refractivity contribution is 0.239. The average Bonchev–Trinajstić information content (AvgIpc) is 2.68. The molecule has 0 saturated heterocycles. The highest BCUT2D eigenvalue weighted by Gasteiger charge is 2.39. The smallest absolute Gasteiger partial charge is 0.0436 e. The minimum absolute atomic E-state index is 0.330. The standard InChI is InChI=1S/C12H18O/c1-2-9-3-5-12-10(7-8-13)4-6-11(9)12/h2,4,6,9-13H,1,3,5,7-8H2/t9-,10-,11-,12-/m0/s1. The van der Waals surface area contributed by atoms with Crippen LogP contribution in [0.25, 0.3) is 0 Å². The Bertz CT molecular complexity index is 219. The Kier molecular flexibility index (Phi) is 2.54. The van der Waals surface area contributed by atoms with Gasteiger partial charge in [0, 0.05) is 6.61 Å². The summed E-state index contributed by atoms with van der Waals surface area (Å²) in [6.07, 6.45) is 10.3. The van der Waals surface area contributed by atoms with Crippen molar-refractivity contribution in [3.05, 3.63) is 24.8 Å². The van der Waals surface area contributed by atoms with E-state index >= 15 is 0 Å². The largest absolute Gasteiger partial charge is 0.396 e. The first kappa shape index (κ1) is 9.01. The number of aliphatic hydroxyl groups excluding tert-OH is 1. The fraction of sp³-hybridized carbons (Fsp3) is 0.667. The van der Waals surface area contributed by atoms with Crippen molar-refractivity contribution in [1.29, 1.82) is 0 Å². The molecule has 1 nitrogen and oxygen atoms in total. The zero-order chi connectivity index (χ0) is 9.26. The van der Waals surface area contributed by atoms with Crippen molar-refractivity contribution in [3.63, 3.8) is 0 Å². The molecule has 1 saturated carbocycles. The van der Waals surface area contributed by atoms with Gasteiger partial charge in [0.15, 0.2) is 0 Å². The average molecular weight is 178 g/mol. The van der Waals surface area contributed by atoms with Crippen molar-refractivity contribution in [1.82, 2.24) is 0 Å². The molecule has 0 aliphatic heterocycles. The second-order valence-electron chi connectivity index (χ2n) is 4.28. The molecule has 13 heavy (non-hydrogen) atoms. The summed E-state index contributed by atoms with van der Waals surface area (Å²) in [5.41, 5.74) is 0. The maximum atomic E-state index is 8.92. The first-order valence-electron chi connectivity index (χ1n) is 5.28. The summed E-state index contributed by atoms with van der Waals surface area (Å²) in [7, 11) is 0. The molecule has 0 heterocycles. The van der Waals surface area contributed by atoms with E-state index in [0.29, 0.717) is 18.4 Å². The van der Waals surface area contributed by atoms with E-state index in [-0.39, 0.29) is 0 Å². The summed E-state index contributed by atoms with van der Waals surface area (Å²) in [6.45, 7) is 4.22. The van der Waals surface area contributed by atoms with Crippen molar-refractivity contribution in [3.8, 4) is 0 Å². The van der Waals surface area contributed by atoms with E-state index in [2.05, 4.69) is 24.8 Å². The van der Waals surface area contributed by atoms with Crippen LogP contribution in [0.1, 0.15) is 19.3 Å². The summed E-state index contributed by atoms with van der Waals surface area (Å²) in [4.78, 5) is 0. The molecule has 0 spiro atoms. The van der Waals surface area contributed by atoms with Crippen LogP contribution in [0.4, 0.5) is 0 Å². The van der Waals surface area contributed by atoms with Gasteiger partial charge in [0.25, 0.3) is 0 Å². The third-order valence-electron chi connectivity index (χ3n) is 3.72. The van der Waals surface area contributed by atoms with Crippen LogP contribution < -0.4 is 0 Å². The second-order valence-corrected chi connectivity index (χ2v) is 4.28. The number of aliphatic hydroxyl groups is 1. The highest BCUT2D eigenvalue weighted by atomic mass is 16.3. The summed E-state index contributed by atoms with van der Waals surface area (Å²) in [6, 6.07) is 0. The van der Waals surface area contributed by atoms with Gasteiger partial charge in [-0.15, -0.1) is 6.58 Å². The Balaban J connectivity index is 2.03. The number of hydrogen-bond acceptors (Lipinski definition) is 1. The number of hydrogen-bond donors (Lipinski definition) is 1. The molecule has 2 rings (SSSR count). The van der Waals surface area contributed by atoms with Crippen molar-refractivity contribution in [2.75, 3.05) is 6.61 Å². The van der Waals surface area contributed by atoms with Crippen molar-refractivity contribution < 1.29 is 5.11 Å². The van der Waals surface area contributed by atoms with Gasteiger partial charge in [0.2, 0.25) is 0 Å². The molecule has 0 aromatic rings. The molecule has 0 bridgehead atoms. The molecule has 0 amide bonds. The van der Waals surface area contributed by atoms with E-state index in [9.17, 15) is 0 Å². The molecule has 72 valence electrons. The van der Waals surface area contributed by atoms with Gasteiger partial charge in [0.05, 0.1) is 0 Å². The van der Waals surface area contributed by atoms with Crippen LogP contribution in [0.15, 0.2) is 24.8 Å². The lowest BCUT2D eigenvalue weighted by atomic mass is 9.86. The number of allylic oxidation sites excluding steroid dienone is 3. The Morgan fingerprint density at radius 2 is 2.23 bits per heavy atom. The molecule has 0 radical (unpaired) electrons. The zero-order valence-corrected chi connectivity index (χ0v) is 8.02. The molecular weight excluding hydrogens is 160 g/mol. The van der Waals surface area contributed by atoms with Gasteiger partial charge < -0.3 is 5.11 Å². The van der Waals surface area contributed by atoms with Crippen LogP contribution >= 0.6 is 0 Å². The van der Waals surface area contributed by atoms with Gasteiger partial charge >= 0.3 is 0 Å². The lowest BCUT2D eigenvalue weighted by Gasteiger charge is -2.18. The van der Waals surface area contributed by atoms with Gasteiger partial charge in [-0.3, -0.25) is 0 Å². The molecule has 2 aliphatic rings. The number of rotatable bonds is 3. The van der Waals surface area contributed by atoms with Crippen molar-refractivity contribution >= 4 is 0 Å². The van der Waals surface area contributed by atoms with Crippen LogP contribution in [-0.4, -0.2) is 11.7 Å². The van der Waals surface area contributed by atoms with Crippen LogP contribution in [0.3, 0.4) is 0 Å². The van der Waals surface area contributed by atoms with E-state index in [0.717, 1.165) is 18.3 Å². The van der Waals surface area contributed by atoms with Gasteiger partial charge in [0.1, 0.15) is 0 Å². The monoisotopic (exact) mass is 178 g/mol. The quantitative estimate of drug-likeness (QED) is 0.658. The Morgan fingerprint density at radius 1 is 1.38 bits per heavy atom. The second kappa shape index (κ2) is 3.67. The summed E-state index contributed by atoms with van der Waals surface area (Å²) >= 11 is 0. The van der Waals surface area contributed by atoms with E-state index in [1.54, 1.807) is 0 Å².